The summed E-state index contributed by atoms with van der Waals surface area (Å²) in [5, 5.41) is 4.97. The van der Waals surface area contributed by atoms with E-state index in [1.807, 2.05) is 0 Å². The lowest BCUT2D eigenvalue weighted by molar-refractivity contribution is -0.124. The van der Waals surface area contributed by atoms with Gasteiger partial charge < -0.3 is 20.8 Å². The molecule has 1 atom stereocenters. The number of benzene rings is 2. The van der Waals surface area contributed by atoms with Gasteiger partial charge in [0.05, 0.1) is 12.2 Å². The number of nitrogens with two attached hydrogens (primary N) is 2. The van der Waals surface area contributed by atoms with Crippen molar-refractivity contribution in [3.63, 3.8) is 0 Å². The van der Waals surface area contributed by atoms with E-state index in [-0.39, 0.29) is 19.0 Å². The summed E-state index contributed by atoms with van der Waals surface area (Å²) < 4.78 is 0. The summed E-state index contributed by atoms with van der Waals surface area (Å²) in [6.45, 7) is 0.243. The number of urea groups is 1. The van der Waals surface area contributed by atoms with Gasteiger partial charge >= 0.3 is 6.03 Å². The SMILES string of the molecule is NC=CC=Nc1ccc([C@]2(CN3Cc4ccc(ON)cc4C3=O)NC(=O)NC2=O)cc1. The van der Waals surface area contributed by atoms with E-state index in [1.54, 1.807) is 48.5 Å². The number of nitrogens with one attached hydrogen (secondary N) is 2. The van der Waals surface area contributed by atoms with Crippen LogP contribution in [0.3, 0.4) is 0 Å². The van der Waals surface area contributed by atoms with Crippen LogP contribution in [0.1, 0.15) is 21.5 Å². The van der Waals surface area contributed by atoms with Crippen molar-refractivity contribution in [3.05, 3.63) is 71.4 Å². The van der Waals surface area contributed by atoms with Gasteiger partial charge in [0.15, 0.2) is 5.54 Å². The summed E-state index contributed by atoms with van der Waals surface area (Å²) in [6.07, 6.45) is 4.48. The third kappa shape index (κ3) is 3.60. The molecule has 10 nitrogen and oxygen atoms in total. The Kier molecular flexibility index (Phi) is 5.14. The molecule has 0 saturated carbocycles. The molecule has 1 fully saturated rings. The number of imide groups is 1. The summed E-state index contributed by atoms with van der Waals surface area (Å²) in [5.74, 6) is 4.74. The zero-order valence-corrected chi connectivity index (χ0v) is 16.4. The second-order valence-electron chi connectivity index (χ2n) is 7.12. The second kappa shape index (κ2) is 7.92. The molecular weight excluding hydrogens is 400 g/mol. The lowest BCUT2D eigenvalue weighted by atomic mass is 9.89. The fourth-order valence-corrected chi connectivity index (χ4v) is 3.74. The molecule has 2 heterocycles. The Labute approximate surface area is 177 Å². The van der Waals surface area contributed by atoms with Gasteiger partial charge in [-0.05, 0) is 47.7 Å². The molecule has 0 spiro atoms. The fourth-order valence-electron chi connectivity index (χ4n) is 3.74. The van der Waals surface area contributed by atoms with Crippen LogP contribution in [0.5, 0.6) is 5.75 Å². The van der Waals surface area contributed by atoms with Crippen LogP contribution in [0.4, 0.5) is 10.5 Å². The molecule has 0 unspecified atom stereocenters. The number of carbonyl (C=O) groups excluding carboxylic acids is 3. The first-order valence-corrected chi connectivity index (χ1v) is 9.41. The third-order valence-corrected chi connectivity index (χ3v) is 5.25. The standard InChI is InChI=1S/C21H20N6O4/c22-8-1-9-24-15-5-3-14(4-6-15)21(19(29)25-20(30)26-21)12-27-11-13-2-7-16(31-23)10-17(13)18(27)28/h1-10H,11-12,22-23H2,(H2,25,26,29,30)/t21-/m0/s1. The van der Waals surface area contributed by atoms with Gasteiger partial charge in [0, 0.05) is 18.3 Å². The number of carbonyl (C=O) groups is 3. The molecule has 2 aromatic rings. The van der Waals surface area contributed by atoms with Gasteiger partial charge in [-0.1, -0.05) is 18.2 Å². The van der Waals surface area contributed by atoms with Gasteiger partial charge in [0.2, 0.25) is 0 Å². The first-order chi connectivity index (χ1) is 15.0. The van der Waals surface area contributed by atoms with Crippen LogP contribution in [0.25, 0.3) is 0 Å². The van der Waals surface area contributed by atoms with E-state index in [9.17, 15) is 14.4 Å². The van der Waals surface area contributed by atoms with Crippen LogP contribution in [0.2, 0.25) is 0 Å². The maximum atomic E-state index is 13.0. The minimum Gasteiger partial charge on any atom is -0.412 e. The predicted octanol–water partition coefficient (Wildman–Crippen LogP) is 0.805. The van der Waals surface area contributed by atoms with Crippen molar-refractivity contribution in [1.29, 1.82) is 0 Å². The highest BCUT2D eigenvalue weighted by Crippen LogP contribution is 2.33. The van der Waals surface area contributed by atoms with Crippen LogP contribution >= 0.6 is 0 Å². The largest absolute Gasteiger partial charge is 0.412 e. The predicted molar refractivity (Wildman–Crippen MR) is 112 cm³/mol. The zero-order chi connectivity index (χ0) is 22.0. The zero-order valence-electron chi connectivity index (χ0n) is 16.4. The number of nitrogens with zero attached hydrogens (tertiary/aromatic N) is 2. The van der Waals surface area contributed by atoms with Gasteiger partial charge in [-0.3, -0.25) is 19.9 Å². The molecule has 0 aliphatic carbocycles. The van der Waals surface area contributed by atoms with Crippen LogP contribution < -0.4 is 27.1 Å². The highest BCUT2D eigenvalue weighted by molar-refractivity contribution is 6.08. The summed E-state index contributed by atoms with van der Waals surface area (Å²) in [4.78, 5) is 48.3. The molecule has 0 bridgehead atoms. The van der Waals surface area contributed by atoms with Gasteiger partial charge in [0.1, 0.15) is 5.75 Å². The van der Waals surface area contributed by atoms with E-state index in [0.717, 1.165) is 5.56 Å². The first-order valence-electron chi connectivity index (χ1n) is 9.41. The highest BCUT2D eigenvalue weighted by Gasteiger charge is 2.50. The summed E-state index contributed by atoms with van der Waals surface area (Å²) in [7, 11) is 0. The average Bonchev–Trinajstić information content (AvgIpc) is 3.24. The van der Waals surface area contributed by atoms with E-state index in [0.29, 0.717) is 22.6 Å². The molecule has 31 heavy (non-hydrogen) atoms. The molecular formula is C21H20N6O4. The molecule has 0 aromatic heterocycles. The molecule has 4 amide bonds. The Balaban J connectivity index is 1.64. The summed E-state index contributed by atoms with van der Waals surface area (Å²) in [5.41, 5.74) is 6.24. The van der Waals surface area contributed by atoms with Crippen LogP contribution in [-0.2, 0) is 16.9 Å². The normalized spacial score (nSPS) is 20.4. The number of aliphatic imine (C=N–C) groups is 1. The second-order valence-corrected chi connectivity index (χ2v) is 7.12. The van der Waals surface area contributed by atoms with Crippen LogP contribution in [0, 0.1) is 0 Å². The molecule has 6 N–H and O–H groups in total. The molecule has 2 aliphatic rings. The van der Waals surface area contributed by atoms with E-state index in [4.69, 9.17) is 16.5 Å². The van der Waals surface area contributed by atoms with Crippen molar-refractivity contribution in [2.75, 3.05) is 6.54 Å². The minimum atomic E-state index is -1.43. The van der Waals surface area contributed by atoms with Gasteiger partial charge in [-0.15, -0.1) is 0 Å². The summed E-state index contributed by atoms with van der Waals surface area (Å²) in [6, 6.07) is 11.1. The number of rotatable bonds is 6. The number of amides is 4. The highest BCUT2D eigenvalue weighted by atomic mass is 16.6. The molecule has 0 radical (unpaired) electrons. The van der Waals surface area contributed by atoms with E-state index in [2.05, 4.69) is 15.6 Å². The smallest absolute Gasteiger partial charge is 0.322 e. The van der Waals surface area contributed by atoms with Crippen molar-refractivity contribution >= 4 is 29.7 Å². The Morgan fingerprint density at radius 2 is 1.94 bits per heavy atom. The van der Waals surface area contributed by atoms with Crippen LogP contribution in [0.15, 0.2) is 59.7 Å². The Bertz CT molecular complexity index is 1110. The third-order valence-electron chi connectivity index (χ3n) is 5.25. The van der Waals surface area contributed by atoms with E-state index < -0.39 is 17.5 Å². The average molecular weight is 420 g/mol. The monoisotopic (exact) mass is 420 g/mol. The topological polar surface area (TPSA) is 152 Å². The van der Waals surface area contributed by atoms with Gasteiger partial charge in [-0.25, -0.2) is 4.79 Å². The van der Waals surface area contributed by atoms with Gasteiger partial charge in [-0.2, -0.15) is 5.90 Å². The Morgan fingerprint density at radius 3 is 2.58 bits per heavy atom. The Hall–Kier alpha value is -4.18. The molecule has 4 rings (SSSR count). The van der Waals surface area contributed by atoms with Crippen molar-refractivity contribution < 1.29 is 19.2 Å². The van der Waals surface area contributed by atoms with Crippen molar-refractivity contribution in [2.45, 2.75) is 12.1 Å². The molecule has 2 aromatic carbocycles. The maximum Gasteiger partial charge on any atom is 0.322 e. The minimum absolute atomic E-state index is 0.0462. The summed E-state index contributed by atoms with van der Waals surface area (Å²) >= 11 is 0. The molecule has 158 valence electrons. The number of hydrogen-bond donors (Lipinski definition) is 4. The molecule has 2 aliphatic heterocycles. The van der Waals surface area contributed by atoms with E-state index in [1.165, 1.54) is 17.3 Å². The van der Waals surface area contributed by atoms with Crippen LogP contribution in [-0.4, -0.2) is 35.5 Å². The Morgan fingerprint density at radius 1 is 1.16 bits per heavy atom. The lowest BCUT2D eigenvalue weighted by Gasteiger charge is -2.31. The quantitative estimate of drug-likeness (QED) is 0.308. The van der Waals surface area contributed by atoms with E-state index >= 15 is 0 Å². The van der Waals surface area contributed by atoms with Gasteiger partial charge in [0.25, 0.3) is 11.8 Å². The molecule has 10 heteroatoms. The van der Waals surface area contributed by atoms with Crippen molar-refractivity contribution in [1.82, 2.24) is 15.5 Å². The molecule has 1 saturated heterocycles. The van der Waals surface area contributed by atoms with Crippen molar-refractivity contribution in [3.8, 4) is 5.75 Å². The first kappa shape index (κ1) is 20.1. The van der Waals surface area contributed by atoms with Crippen molar-refractivity contribution in [2.24, 2.45) is 16.6 Å². The number of hydrogen-bond acceptors (Lipinski definition) is 7. The number of fused-ring (bicyclic) bond motifs is 1. The number of allylic oxidation sites excluding steroid dienone is 1. The lowest BCUT2D eigenvalue weighted by Crippen LogP contribution is -2.52. The fraction of sp³-hybridized carbons (Fsp3) is 0.143. The maximum absolute atomic E-state index is 13.0.